The third kappa shape index (κ3) is 2.67. The highest BCUT2D eigenvalue weighted by Gasteiger charge is 2.17. The van der Waals surface area contributed by atoms with Gasteiger partial charge in [-0.15, -0.1) is 0 Å². The van der Waals surface area contributed by atoms with Crippen LogP contribution in [0, 0.1) is 11.6 Å². The predicted molar refractivity (Wildman–Crippen MR) is 85.0 cm³/mol. The average Bonchev–Trinajstić information content (AvgIpc) is 2.60. The number of hydrogen-bond acceptors (Lipinski definition) is 4. The second kappa shape index (κ2) is 6.23. The summed E-state index contributed by atoms with van der Waals surface area (Å²) in [6, 6.07) is 8.36. The van der Waals surface area contributed by atoms with Gasteiger partial charge in [-0.3, -0.25) is 4.98 Å². The molecule has 0 unspecified atom stereocenters. The molecule has 2 aromatic carbocycles. The molecule has 1 aromatic heterocycles. The maximum atomic E-state index is 14.4. The number of carbonyl (C=O) groups excluding carboxylic acids is 1. The van der Waals surface area contributed by atoms with Crippen LogP contribution in [0.15, 0.2) is 42.6 Å². The molecule has 1 heterocycles. The van der Waals surface area contributed by atoms with Crippen LogP contribution >= 0.6 is 0 Å². The van der Waals surface area contributed by atoms with Gasteiger partial charge in [0.15, 0.2) is 0 Å². The smallest absolute Gasteiger partial charge is 0.337 e. The summed E-state index contributed by atoms with van der Waals surface area (Å²) < 4.78 is 38.4. The monoisotopic (exact) mass is 329 g/mol. The highest BCUT2D eigenvalue weighted by molar-refractivity contribution is 6.00. The average molecular weight is 329 g/mol. The molecule has 0 aliphatic heterocycles. The van der Waals surface area contributed by atoms with Gasteiger partial charge in [0.05, 0.1) is 30.9 Å². The molecular formula is C18H13F2NO3. The number of fused-ring (bicyclic) bond motifs is 1. The van der Waals surface area contributed by atoms with Crippen LogP contribution in [0.4, 0.5) is 8.78 Å². The van der Waals surface area contributed by atoms with Crippen LogP contribution in [-0.2, 0) is 4.74 Å². The predicted octanol–water partition coefficient (Wildman–Crippen LogP) is 3.98. The highest BCUT2D eigenvalue weighted by atomic mass is 19.1. The number of methoxy groups -OCH3 is 2. The zero-order valence-electron chi connectivity index (χ0n) is 13.0. The largest absolute Gasteiger partial charge is 0.497 e. The number of rotatable bonds is 3. The Morgan fingerprint density at radius 2 is 1.75 bits per heavy atom. The minimum atomic E-state index is -0.761. The van der Waals surface area contributed by atoms with E-state index in [1.54, 1.807) is 12.1 Å². The molecule has 0 saturated heterocycles. The van der Waals surface area contributed by atoms with E-state index in [2.05, 4.69) is 9.72 Å². The lowest BCUT2D eigenvalue weighted by molar-refractivity contribution is 0.0601. The molecule has 4 nitrogen and oxygen atoms in total. The summed E-state index contributed by atoms with van der Waals surface area (Å²) in [5, 5.41) is 0.448. The fraction of sp³-hybridized carbons (Fsp3) is 0.111. The topological polar surface area (TPSA) is 48.4 Å². The van der Waals surface area contributed by atoms with Crippen LogP contribution in [0.2, 0.25) is 0 Å². The van der Waals surface area contributed by atoms with Crippen molar-refractivity contribution >= 4 is 16.9 Å². The molecule has 0 radical (unpaired) electrons. The molecule has 6 heteroatoms. The Bertz CT molecular complexity index is 918. The van der Waals surface area contributed by atoms with Crippen molar-refractivity contribution in [3.63, 3.8) is 0 Å². The standard InChI is InChI=1S/C18H13F2NO3/c1-23-11-8-14(19)17(15(20)9-11)12-5-6-21-16-4-3-10(7-13(12)16)18(22)24-2/h3-9H,1-2H3. The third-order valence-electron chi connectivity index (χ3n) is 3.68. The third-order valence-corrected chi connectivity index (χ3v) is 3.68. The van der Waals surface area contributed by atoms with Gasteiger partial charge in [-0.1, -0.05) is 0 Å². The fourth-order valence-corrected chi connectivity index (χ4v) is 2.53. The zero-order valence-corrected chi connectivity index (χ0v) is 13.0. The van der Waals surface area contributed by atoms with Gasteiger partial charge in [0.1, 0.15) is 17.4 Å². The summed E-state index contributed by atoms with van der Waals surface area (Å²) in [7, 11) is 2.60. The van der Waals surface area contributed by atoms with Crippen molar-refractivity contribution < 1.29 is 23.0 Å². The van der Waals surface area contributed by atoms with Gasteiger partial charge >= 0.3 is 5.97 Å². The van der Waals surface area contributed by atoms with Gasteiger partial charge < -0.3 is 9.47 Å². The SMILES string of the molecule is COC(=O)c1ccc2nccc(-c3c(F)cc(OC)cc3F)c2c1. The Labute approximate surface area is 136 Å². The first-order valence-corrected chi connectivity index (χ1v) is 7.05. The van der Waals surface area contributed by atoms with Crippen molar-refractivity contribution in [3.8, 4) is 16.9 Å². The molecule has 0 N–H and O–H groups in total. The van der Waals surface area contributed by atoms with Crippen LogP contribution in [0.1, 0.15) is 10.4 Å². The van der Waals surface area contributed by atoms with Gasteiger partial charge in [0.25, 0.3) is 0 Å². The van der Waals surface area contributed by atoms with Crippen molar-refractivity contribution in [2.75, 3.05) is 14.2 Å². The zero-order chi connectivity index (χ0) is 17.3. The molecule has 0 aliphatic rings. The summed E-state index contributed by atoms with van der Waals surface area (Å²) >= 11 is 0. The molecule has 0 spiro atoms. The van der Waals surface area contributed by atoms with Gasteiger partial charge in [0.2, 0.25) is 0 Å². The Morgan fingerprint density at radius 1 is 1.04 bits per heavy atom. The maximum absolute atomic E-state index is 14.4. The molecule has 24 heavy (non-hydrogen) atoms. The van der Waals surface area contributed by atoms with E-state index < -0.39 is 17.6 Å². The van der Waals surface area contributed by atoms with Crippen molar-refractivity contribution in [2.45, 2.75) is 0 Å². The van der Waals surface area contributed by atoms with Crippen molar-refractivity contribution in [1.29, 1.82) is 0 Å². The number of ether oxygens (including phenoxy) is 2. The molecule has 0 amide bonds. The number of aromatic nitrogens is 1. The number of carbonyl (C=O) groups is 1. The number of hydrogen-bond donors (Lipinski definition) is 0. The Morgan fingerprint density at radius 3 is 2.38 bits per heavy atom. The molecule has 0 saturated carbocycles. The normalized spacial score (nSPS) is 10.7. The maximum Gasteiger partial charge on any atom is 0.337 e. The van der Waals surface area contributed by atoms with Gasteiger partial charge in [-0.05, 0) is 29.8 Å². The van der Waals surface area contributed by atoms with Crippen LogP contribution < -0.4 is 4.74 Å². The lowest BCUT2D eigenvalue weighted by Gasteiger charge is -2.11. The second-order valence-corrected chi connectivity index (χ2v) is 5.05. The van der Waals surface area contributed by atoms with Crippen molar-refractivity contribution in [2.24, 2.45) is 0 Å². The quantitative estimate of drug-likeness (QED) is 0.682. The van der Waals surface area contributed by atoms with Crippen LogP contribution in [0.5, 0.6) is 5.75 Å². The van der Waals surface area contributed by atoms with E-state index in [1.165, 1.54) is 32.5 Å². The molecule has 0 fully saturated rings. The number of nitrogens with zero attached hydrogens (tertiary/aromatic N) is 1. The molecule has 3 aromatic rings. The highest BCUT2D eigenvalue weighted by Crippen LogP contribution is 2.34. The van der Waals surface area contributed by atoms with E-state index in [4.69, 9.17) is 4.74 Å². The van der Waals surface area contributed by atoms with E-state index in [-0.39, 0.29) is 16.9 Å². The van der Waals surface area contributed by atoms with Gasteiger partial charge in [-0.2, -0.15) is 0 Å². The van der Waals surface area contributed by atoms with Gasteiger partial charge in [0, 0.05) is 23.7 Å². The second-order valence-electron chi connectivity index (χ2n) is 5.05. The number of halogens is 2. The molecule has 0 bridgehead atoms. The minimum absolute atomic E-state index is 0.0855. The molecular weight excluding hydrogens is 316 g/mol. The first kappa shape index (κ1) is 15.9. The summed E-state index contributed by atoms with van der Waals surface area (Å²) in [6.45, 7) is 0. The Kier molecular flexibility index (Phi) is 4.12. The van der Waals surface area contributed by atoms with E-state index in [1.807, 2.05) is 0 Å². The van der Waals surface area contributed by atoms with E-state index in [9.17, 15) is 13.6 Å². The van der Waals surface area contributed by atoms with Crippen LogP contribution in [-0.4, -0.2) is 25.2 Å². The number of benzene rings is 2. The van der Waals surface area contributed by atoms with Crippen molar-refractivity contribution in [1.82, 2.24) is 4.98 Å². The van der Waals surface area contributed by atoms with Crippen LogP contribution in [0.3, 0.4) is 0 Å². The number of esters is 1. The van der Waals surface area contributed by atoms with E-state index >= 15 is 0 Å². The lowest BCUT2D eigenvalue weighted by atomic mass is 9.98. The molecule has 0 atom stereocenters. The summed E-state index contributed by atoms with van der Waals surface area (Å²) in [5.74, 6) is -1.98. The van der Waals surface area contributed by atoms with Crippen LogP contribution in [0.25, 0.3) is 22.0 Å². The Balaban J connectivity index is 2.28. The van der Waals surface area contributed by atoms with Gasteiger partial charge in [-0.25, -0.2) is 13.6 Å². The molecule has 122 valence electrons. The first-order valence-electron chi connectivity index (χ1n) is 7.05. The number of pyridine rings is 1. The fourth-order valence-electron chi connectivity index (χ4n) is 2.53. The first-order chi connectivity index (χ1) is 11.5. The van der Waals surface area contributed by atoms with E-state index in [0.29, 0.717) is 16.5 Å². The summed E-state index contributed by atoms with van der Waals surface area (Å²) in [6.07, 6.45) is 1.46. The van der Waals surface area contributed by atoms with E-state index in [0.717, 1.165) is 12.1 Å². The Hall–Kier alpha value is -3.02. The minimum Gasteiger partial charge on any atom is -0.497 e. The van der Waals surface area contributed by atoms with Crippen molar-refractivity contribution in [3.05, 3.63) is 59.8 Å². The lowest BCUT2D eigenvalue weighted by Crippen LogP contribution is -2.01. The summed E-state index contributed by atoms with van der Waals surface area (Å²) in [4.78, 5) is 15.9. The molecule has 0 aliphatic carbocycles. The summed E-state index contributed by atoms with van der Waals surface area (Å²) in [5.41, 5.74) is 0.872. The molecule has 3 rings (SSSR count).